The molecule has 1 aromatic heterocycles. The number of carbonyl (C=O) groups excluding carboxylic acids is 1. The van der Waals surface area contributed by atoms with E-state index >= 15 is 0 Å². The topological polar surface area (TPSA) is 68.0 Å². The van der Waals surface area contributed by atoms with Crippen LogP contribution < -0.4 is 11.1 Å². The summed E-state index contributed by atoms with van der Waals surface area (Å²) < 4.78 is 0. The van der Waals surface area contributed by atoms with Gasteiger partial charge in [0.05, 0.1) is 0 Å². The molecule has 1 aliphatic rings. The largest absolute Gasteiger partial charge is 0.348 e. The first-order valence-electron chi connectivity index (χ1n) is 6.15. The Balaban J connectivity index is 0.00000162. The second-order valence-corrected chi connectivity index (χ2v) is 4.75. The highest BCUT2D eigenvalue weighted by atomic mass is 35.5. The first kappa shape index (κ1) is 18.2. The predicted octanol–water partition coefficient (Wildman–Crippen LogP) is 2.23. The van der Waals surface area contributed by atoms with E-state index in [9.17, 15) is 4.79 Å². The average molecular weight is 306 g/mol. The fourth-order valence-corrected chi connectivity index (χ4v) is 2.19. The Labute approximate surface area is 126 Å². The van der Waals surface area contributed by atoms with Crippen molar-refractivity contribution in [2.24, 2.45) is 5.73 Å². The van der Waals surface area contributed by atoms with Gasteiger partial charge in [-0.25, -0.2) is 4.98 Å². The molecule has 1 aliphatic carbocycles. The first-order valence-corrected chi connectivity index (χ1v) is 6.15. The number of nitrogens with one attached hydrogen (secondary N) is 1. The van der Waals surface area contributed by atoms with Gasteiger partial charge in [-0.05, 0) is 44.7 Å². The molecule has 3 N–H and O–H groups in total. The van der Waals surface area contributed by atoms with Crippen molar-refractivity contribution in [3.05, 3.63) is 29.6 Å². The molecular formula is C13H21Cl2N3O. The van der Waals surface area contributed by atoms with E-state index < -0.39 is 0 Å². The van der Waals surface area contributed by atoms with Gasteiger partial charge in [-0.3, -0.25) is 4.79 Å². The fourth-order valence-electron chi connectivity index (χ4n) is 2.19. The minimum atomic E-state index is -0.0748. The molecule has 0 saturated heterocycles. The lowest BCUT2D eigenvalue weighted by Crippen LogP contribution is -2.40. The summed E-state index contributed by atoms with van der Waals surface area (Å²) >= 11 is 0. The quantitative estimate of drug-likeness (QED) is 0.880. The van der Waals surface area contributed by atoms with Crippen LogP contribution in [0, 0.1) is 6.92 Å². The third kappa shape index (κ3) is 5.35. The maximum Gasteiger partial charge on any atom is 0.270 e. The summed E-state index contributed by atoms with van der Waals surface area (Å²) in [5.41, 5.74) is 7.20. The third-order valence-corrected chi connectivity index (χ3v) is 3.23. The summed E-state index contributed by atoms with van der Waals surface area (Å²) in [6, 6.07) is 6.05. The number of pyridine rings is 1. The molecule has 19 heavy (non-hydrogen) atoms. The van der Waals surface area contributed by atoms with E-state index in [2.05, 4.69) is 10.3 Å². The van der Waals surface area contributed by atoms with Gasteiger partial charge in [-0.2, -0.15) is 0 Å². The molecule has 0 bridgehead atoms. The van der Waals surface area contributed by atoms with Crippen LogP contribution >= 0.6 is 24.8 Å². The van der Waals surface area contributed by atoms with Crippen LogP contribution in [0.25, 0.3) is 0 Å². The van der Waals surface area contributed by atoms with E-state index in [0.29, 0.717) is 11.7 Å². The molecule has 1 fully saturated rings. The van der Waals surface area contributed by atoms with Crippen LogP contribution in [-0.2, 0) is 0 Å². The maximum absolute atomic E-state index is 11.9. The Bertz CT molecular complexity index is 407. The molecule has 1 heterocycles. The molecule has 4 nitrogen and oxygen atoms in total. The fraction of sp³-hybridized carbons (Fsp3) is 0.538. The van der Waals surface area contributed by atoms with Crippen LogP contribution in [0.15, 0.2) is 18.2 Å². The van der Waals surface area contributed by atoms with Gasteiger partial charge < -0.3 is 11.1 Å². The summed E-state index contributed by atoms with van der Waals surface area (Å²) in [4.78, 5) is 16.2. The van der Waals surface area contributed by atoms with Crippen LogP contribution in [-0.4, -0.2) is 23.0 Å². The second-order valence-electron chi connectivity index (χ2n) is 4.75. The molecule has 0 unspecified atom stereocenters. The highest BCUT2D eigenvalue weighted by molar-refractivity contribution is 5.92. The Morgan fingerprint density at radius 1 is 1.26 bits per heavy atom. The summed E-state index contributed by atoms with van der Waals surface area (Å²) in [5, 5.41) is 3.03. The van der Waals surface area contributed by atoms with E-state index in [4.69, 9.17) is 5.73 Å². The molecule has 0 aromatic carbocycles. The van der Waals surface area contributed by atoms with Crippen molar-refractivity contribution in [3.8, 4) is 0 Å². The predicted molar refractivity (Wildman–Crippen MR) is 81.2 cm³/mol. The zero-order valence-electron chi connectivity index (χ0n) is 11.0. The summed E-state index contributed by atoms with van der Waals surface area (Å²) in [5.74, 6) is -0.0748. The minimum Gasteiger partial charge on any atom is -0.348 e. The van der Waals surface area contributed by atoms with Gasteiger partial charge in [0.2, 0.25) is 0 Å². The highest BCUT2D eigenvalue weighted by Gasteiger charge is 2.20. The molecule has 0 radical (unpaired) electrons. The number of carbonyl (C=O) groups is 1. The number of hydrogen-bond donors (Lipinski definition) is 2. The molecule has 2 rings (SSSR count). The van der Waals surface area contributed by atoms with Crippen molar-refractivity contribution in [3.63, 3.8) is 0 Å². The van der Waals surface area contributed by atoms with Gasteiger partial charge >= 0.3 is 0 Å². The van der Waals surface area contributed by atoms with Gasteiger partial charge in [0.15, 0.2) is 0 Å². The lowest BCUT2D eigenvalue weighted by atomic mass is 9.92. The Kier molecular flexibility index (Phi) is 7.99. The van der Waals surface area contributed by atoms with Gasteiger partial charge in [0, 0.05) is 17.8 Å². The van der Waals surface area contributed by atoms with Crippen LogP contribution in [0.2, 0.25) is 0 Å². The number of rotatable bonds is 2. The molecule has 0 aliphatic heterocycles. The van der Waals surface area contributed by atoms with Crippen molar-refractivity contribution in [2.45, 2.75) is 44.7 Å². The van der Waals surface area contributed by atoms with Crippen LogP contribution in [0.4, 0.5) is 0 Å². The Morgan fingerprint density at radius 3 is 2.47 bits per heavy atom. The lowest BCUT2D eigenvalue weighted by molar-refractivity contribution is 0.0920. The summed E-state index contributed by atoms with van der Waals surface area (Å²) in [7, 11) is 0. The number of nitrogens with zero attached hydrogens (tertiary/aromatic N) is 1. The molecule has 1 aromatic rings. The van der Waals surface area contributed by atoms with Gasteiger partial charge in [-0.15, -0.1) is 24.8 Å². The monoisotopic (exact) mass is 305 g/mol. The second kappa shape index (κ2) is 8.35. The zero-order valence-corrected chi connectivity index (χ0v) is 12.6. The molecule has 108 valence electrons. The Hall–Kier alpha value is -0.840. The molecule has 1 amide bonds. The normalized spacial score (nSPS) is 21.8. The number of hydrogen-bond acceptors (Lipinski definition) is 3. The Morgan fingerprint density at radius 2 is 1.89 bits per heavy atom. The molecular weight excluding hydrogens is 285 g/mol. The number of aryl methyl sites for hydroxylation is 1. The number of nitrogens with two attached hydrogens (primary N) is 1. The first-order chi connectivity index (χ1) is 8.15. The summed E-state index contributed by atoms with van der Waals surface area (Å²) in [6.07, 6.45) is 3.93. The zero-order chi connectivity index (χ0) is 12.3. The molecule has 6 heteroatoms. The van der Waals surface area contributed by atoms with E-state index in [1.54, 1.807) is 6.07 Å². The van der Waals surface area contributed by atoms with Crippen molar-refractivity contribution in [2.75, 3.05) is 0 Å². The van der Waals surface area contributed by atoms with Gasteiger partial charge in [0.1, 0.15) is 5.69 Å². The van der Waals surface area contributed by atoms with Crippen molar-refractivity contribution >= 4 is 30.7 Å². The average Bonchev–Trinajstić information content (AvgIpc) is 2.32. The van der Waals surface area contributed by atoms with Gasteiger partial charge in [0.25, 0.3) is 5.91 Å². The lowest BCUT2D eigenvalue weighted by Gasteiger charge is -2.26. The van der Waals surface area contributed by atoms with E-state index in [1.165, 1.54) is 0 Å². The molecule has 0 atom stereocenters. The molecule has 0 spiro atoms. The van der Waals surface area contributed by atoms with Crippen molar-refractivity contribution < 1.29 is 4.79 Å². The van der Waals surface area contributed by atoms with Gasteiger partial charge in [-0.1, -0.05) is 6.07 Å². The van der Waals surface area contributed by atoms with Crippen LogP contribution in [0.3, 0.4) is 0 Å². The van der Waals surface area contributed by atoms with Crippen molar-refractivity contribution in [1.82, 2.24) is 10.3 Å². The van der Waals surface area contributed by atoms with E-state index in [1.807, 2.05) is 19.1 Å². The van der Waals surface area contributed by atoms with Crippen LogP contribution in [0.1, 0.15) is 41.9 Å². The summed E-state index contributed by atoms with van der Waals surface area (Å²) in [6.45, 7) is 1.89. The SMILES string of the molecule is Cc1cccc(C(=O)NC2CCC(N)CC2)n1.Cl.Cl. The third-order valence-electron chi connectivity index (χ3n) is 3.23. The van der Waals surface area contributed by atoms with Crippen molar-refractivity contribution in [1.29, 1.82) is 0 Å². The standard InChI is InChI=1S/C13H19N3O.2ClH/c1-9-3-2-4-12(15-9)13(17)16-11-7-5-10(14)6-8-11;;/h2-4,10-11H,5-8,14H2,1H3,(H,16,17);2*1H. The number of aromatic nitrogens is 1. The molecule has 1 saturated carbocycles. The van der Waals surface area contributed by atoms with E-state index in [-0.39, 0.29) is 36.8 Å². The van der Waals surface area contributed by atoms with Crippen LogP contribution in [0.5, 0.6) is 0 Å². The number of amides is 1. The smallest absolute Gasteiger partial charge is 0.270 e. The van der Waals surface area contributed by atoms with E-state index in [0.717, 1.165) is 31.4 Å². The minimum absolute atomic E-state index is 0. The maximum atomic E-state index is 11.9. The number of halogens is 2. The highest BCUT2D eigenvalue weighted by Crippen LogP contribution is 2.17.